The fourth-order valence-electron chi connectivity index (χ4n) is 2.21. The topological polar surface area (TPSA) is 40.5 Å². The van der Waals surface area contributed by atoms with Crippen molar-refractivity contribution in [1.82, 2.24) is 0 Å². The highest BCUT2D eigenvalue weighted by atomic mass is 16.4. The number of hydrogen-bond donors (Lipinski definition) is 1. The van der Waals surface area contributed by atoms with Crippen LogP contribution < -0.4 is 4.90 Å². The van der Waals surface area contributed by atoms with Crippen molar-refractivity contribution < 1.29 is 9.90 Å². The van der Waals surface area contributed by atoms with Gasteiger partial charge in [0.2, 0.25) is 0 Å². The number of hydrogen-bond acceptors (Lipinski definition) is 2. The molecule has 0 radical (unpaired) electrons. The summed E-state index contributed by atoms with van der Waals surface area (Å²) in [5, 5.41) is 9.08. The molecule has 0 heterocycles. The zero-order chi connectivity index (χ0) is 14.7. The van der Waals surface area contributed by atoms with Gasteiger partial charge in [0, 0.05) is 19.3 Å². The van der Waals surface area contributed by atoms with Crippen molar-refractivity contribution in [2.75, 3.05) is 11.9 Å². The van der Waals surface area contributed by atoms with Gasteiger partial charge in [0.05, 0.1) is 5.56 Å². The van der Waals surface area contributed by atoms with Gasteiger partial charge in [-0.15, -0.1) is 0 Å². The minimum Gasteiger partial charge on any atom is -0.478 e. The van der Waals surface area contributed by atoms with Crippen LogP contribution in [-0.4, -0.2) is 18.1 Å². The molecule has 2 aromatic rings. The lowest BCUT2D eigenvalue weighted by Gasteiger charge is -2.22. The molecule has 0 saturated heterocycles. The van der Waals surface area contributed by atoms with Crippen LogP contribution in [0.25, 0.3) is 0 Å². The molecule has 0 aliphatic rings. The molecule has 2 rings (SSSR count). The molecule has 3 heteroatoms. The summed E-state index contributed by atoms with van der Waals surface area (Å²) in [6.07, 6.45) is 0. The predicted molar refractivity (Wildman–Crippen MR) is 81.4 cm³/mol. The number of aryl methyl sites for hydroxylation is 2. The van der Waals surface area contributed by atoms with E-state index in [1.54, 1.807) is 12.1 Å². The van der Waals surface area contributed by atoms with Crippen molar-refractivity contribution in [2.45, 2.75) is 20.4 Å². The maximum atomic E-state index is 11.1. The van der Waals surface area contributed by atoms with Gasteiger partial charge in [-0.05, 0) is 37.1 Å². The average molecular weight is 269 g/mol. The molecule has 20 heavy (non-hydrogen) atoms. The Morgan fingerprint density at radius 1 is 1.10 bits per heavy atom. The zero-order valence-corrected chi connectivity index (χ0v) is 12.1. The SMILES string of the molecule is Cc1ccc(CN(C)c2cc(C(=O)O)ccc2C)cc1. The summed E-state index contributed by atoms with van der Waals surface area (Å²) < 4.78 is 0. The van der Waals surface area contributed by atoms with Crippen molar-refractivity contribution in [3.63, 3.8) is 0 Å². The molecule has 0 bridgehead atoms. The van der Waals surface area contributed by atoms with Crippen molar-refractivity contribution >= 4 is 11.7 Å². The number of carboxylic acid groups (broad SMARTS) is 1. The van der Waals surface area contributed by atoms with Crippen LogP contribution >= 0.6 is 0 Å². The molecule has 1 N–H and O–H groups in total. The fraction of sp³-hybridized carbons (Fsp3) is 0.235. The smallest absolute Gasteiger partial charge is 0.335 e. The lowest BCUT2D eigenvalue weighted by atomic mass is 10.1. The number of nitrogens with zero attached hydrogens (tertiary/aromatic N) is 1. The van der Waals surface area contributed by atoms with Gasteiger partial charge in [-0.25, -0.2) is 4.79 Å². The zero-order valence-electron chi connectivity index (χ0n) is 12.1. The second-order valence-corrected chi connectivity index (χ2v) is 5.15. The lowest BCUT2D eigenvalue weighted by molar-refractivity contribution is 0.0697. The summed E-state index contributed by atoms with van der Waals surface area (Å²) in [5.74, 6) is -0.894. The predicted octanol–water partition coefficient (Wildman–Crippen LogP) is 3.64. The molecule has 0 aromatic heterocycles. The summed E-state index contributed by atoms with van der Waals surface area (Å²) in [7, 11) is 1.98. The van der Waals surface area contributed by atoms with Gasteiger partial charge >= 0.3 is 5.97 Å². The van der Waals surface area contributed by atoms with E-state index in [-0.39, 0.29) is 0 Å². The quantitative estimate of drug-likeness (QED) is 0.921. The first-order valence-corrected chi connectivity index (χ1v) is 6.58. The van der Waals surface area contributed by atoms with Crippen LogP contribution in [0.15, 0.2) is 42.5 Å². The Morgan fingerprint density at radius 3 is 2.35 bits per heavy atom. The first kappa shape index (κ1) is 14.1. The summed E-state index contributed by atoms with van der Waals surface area (Å²) in [4.78, 5) is 13.1. The van der Waals surface area contributed by atoms with Crippen molar-refractivity contribution in [3.8, 4) is 0 Å². The van der Waals surface area contributed by atoms with Gasteiger partial charge in [-0.3, -0.25) is 0 Å². The summed E-state index contributed by atoms with van der Waals surface area (Å²) in [6, 6.07) is 13.6. The molecule has 0 aliphatic carbocycles. The Morgan fingerprint density at radius 2 is 1.75 bits per heavy atom. The molecule has 0 atom stereocenters. The molecule has 0 fully saturated rings. The molecule has 3 nitrogen and oxygen atoms in total. The minimum atomic E-state index is -0.894. The molecular weight excluding hydrogens is 250 g/mol. The van der Waals surface area contributed by atoms with Crippen LogP contribution in [0, 0.1) is 13.8 Å². The van der Waals surface area contributed by atoms with E-state index < -0.39 is 5.97 Å². The Bertz CT molecular complexity index is 617. The molecule has 0 unspecified atom stereocenters. The van der Waals surface area contributed by atoms with E-state index in [0.717, 1.165) is 17.8 Å². The number of aromatic carboxylic acids is 1. The molecule has 0 spiro atoms. The third-order valence-corrected chi connectivity index (χ3v) is 3.41. The van der Waals surface area contributed by atoms with E-state index in [1.807, 2.05) is 20.0 Å². The highest BCUT2D eigenvalue weighted by Gasteiger charge is 2.10. The second-order valence-electron chi connectivity index (χ2n) is 5.15. The fourth-order valence-corrected chi connectivity index (χ4v) is 2.21. The largest absolute Gasteiger partial charge is 0.478 e. The van der Waals surface area contributed by atoms with E-state index in [1.165, 1.54) is 11.1 Å². The van der Waals surface area contributed by atoms with Gasteiger partial charge in [0.1, 0.15) is 0 Å². The van der Waals surface area contributed by atoms with Crippen LogP contribution in [0.4, 0.5) is 5.69 Å². The Hall–Kier alpha value is -2.29. The second kappa shape index (κ2) is 5.78. The molecular formula is C17H19NO2. The van der Waals surface area contributed by atoms with Gasteiger partial charge < -0.3 is 10.0 Å². The molecule has 0 saturated carbocycles. The summed E-state index contributed by atoms with van der Waals surface area (Å²) >= 11 is 0. The standard InChI is InChI=1S/C17H19NO2/c1-12-4-7-14(8-5-12)11-18(3)16-10-15(17(19)20)9-6-13(16)2/h4-10H,11H2,1-3H3,(H,19,20). The Kier molecular flexibility index (Phi) is 4.08. The van der Waals surface area contributed by atoms with Crippen LogP contribution in [0.2, 0.25) is 0 Å². The van der Waals surface area contributed by atoms with E-state index in [0.29, 0.717) is 5.56 Å². The van der Waals surface area contributed by atoms with Crippen LogP contribution in [0.1, 0.15) is 27.0 Å². The molecule has 104 valence electrons. The Labute approximate surface area is 119 Å². The van der Waals surface area contributed by atoms with E-state index in [2.05, 4.69) is 36.1 Å². The third kappa shape index (κ3) is 3.18. The van der Waals surface area contributed by atoms with Crippen molar-refractivity contribution in [2.24, 2.45) is 0 Å². The monoisotopic (exact) mass is 269 g/mol. The molecule has 2 aromatic carbocycles. The van der Waals surface area contributed by atoms with Gasteiger partial charge in [0.15, 0.2) is 0 Å². The first-order valence-electron chi connectivity index (χ1n) is 6.58. The number of anilines is 1. The van der Waals surface area contributed by atoms with Gasteiger partial charge in [-0.1, -0.05) is 35.9 Å². The van der Waals surface area contributed by atoms with Crippen LogP contribution in [-0.2, 0) is 6.54 Å². The maximum absolute atomic E-state index is 11.1. The number of rotatable bonds is 4. The van der Waals surface area contributed by atoms with Crippen molar-refractivity contribution in [1.29, 1.82) is 0 Å². The van der Waals surface area contributed by atoms with Gasteiger partial charge in [-0.2, -0.15) is 0 Å². The number of benzene rings is 2. The van der Waals surface area contributed by atoms with Crippen molar-refractivity contribution in [3.05, 3.63) is 64.7 Å². The van der Waals surface area contributed by atoms with Crippen LogP contribution in [0.3, 0.4) is 0 Å². The minimum absolute atomic E-state index is 0.321. The van der Waals surface area contributed by atoms with E-state index in [4.69, 9.17) is 5.11 Å². The first-order chi connectivity index (χ1) is 9.47. The maximum Gasteiger partial charge on any atom is 0.335 e. The van der Waals surface area contributed by atoms with Crippen LogP contribution in [0.5, 0.6) is 0 Å². The summed E-state index contributed by atoms with van der Waals surface area (Å²) in [6.45, 7) is 4.81. The third-order valence-electron chi connectivity index (χ3n) is 3.41. The normalized spacial score (nSPS) is 10.3. The number of carbonyl (C=O) groups is 1. The highest BCUT2D eigenvalue weighted by Crippen LogP contribution is 2.22. The molecule has 0 aliphatic heterocycles. The average Bonchev–Trinajstić information content (AvgIpc) is 2.41. The highest BCUT2D eigenvalue weighted by molar-refractivity contribution is 5.89. The van der Waals surface area contributed by atoms with Gasteiger partial charge in [0.25, 0.3) is 0 Å². The lowest BCUT2D eigenvalue weighted by Crippen LogP contribution is -2.18. The summed E-state index contributed by atoms with van der Waals surface area (Å²) in [5.41, 5.74) is 4.79. The van der Waals surface area contributed by atoms with E-state index >= 15 is 0 Å². The Balaban J connectivity index is 2.24. The van der Waals surface area contributed by atoms with E-state index in [9.17, 15) is 4.79 Å². The molecule has 0 amide bonds. The number of carboxylic acids is 1.